The van der Waals surface area contributed by atoms with Crippen LogP contribution in [0.1, 0.15) is 63.8 Å². The van der Waals surface area contributed by atoms with E-state index in [4.69, 9.17) is 0 Å². The van der Waals surface area contributed by atoms with Crippen molar-refractivity contribution in [1.82, 2.24) is 0 Å². The molecule has 0 unspecified atom stereocenters. The maximum absolute atomic E-state index is 13.3. The third kappa shape index (κ3) is 4.34. The van der Waals surface area contributed by atoms with Gasteiger partial charge in [0.2, 0.25) is 0 Å². The Morgan fingerprint density at radius 2 is 1.00 bits per heavy atom. The number of carbonyl (C=O) groups is 1. The van der Waals surface area contributed by atoms with E-state index >= 15 is 0 Å². The average molecular weight is 363 g/mol. The minimum absolute atomic E-state index is 0.190. The number of benzene rings is 2. The molecule has 0 radical (unpaired) electrons. The average Bonchev–Trinajstić information content (AvgIpc) is 2.56. The van der Waals surface area contributed by atoms with Crippen LogP contribution in [0.15, 0.2) is 24.3 Å². The summed E-state index contributed by atoms with van der Waals surface area (Å²) < 4.78 is 0. The van der Waals surface area contributed by atoms with Gasteiger partial charge in [0, 0.05) is 11.8 Å². The Kier molecular flexibility index (Phi) is 5.89. The first-order chi connectivity index (χ1) is 12.8. The Hall–Kier alpha value is -1.89. The second-order valence-electron chi connectivity index (χ2n) is 8.89. The van der Waals surface area contributed by atoms with Crippen LogP contribution in [-0.2, 0) is 17.6 Å². The number of rotatable bonds is 4. The summed E-state index contributed by atoms with van der Waals surface area (Å²) in [5.41, 5.74) is 10.8. The molecule has 0 bridgehead atoms. The number of ketones is 1. The van der Waals surface area contributed by atoms with Gasteiger partial charge in [-0.05, 0) is 101 Å². The van der Waals surface area contributed by atoms with Gasteiger partial charge < -0.3 is 0 Å². The standard InChI is InChI=1S/C26H34O/c1-16-10-18(3)24(19(4)11-16)14-22-8-7-9-23(26(22)27)15-25-20(5)12-17(2)13-21(25)6/h10-13,22-23H,7-9,14-15H2,1-6H3/t22-,23-/m1/s1. The van der Waals surface area contributed by atoms with E-state index in [0.29, 0.717) is 5.78 Å². The monoisotopic (exact) mass is 362 g/mol. The van der Waals surface area contributed by atoms with Gasteiger partial charge in [-0.2, -0.15) is 0 Å². The fourth-order valence-electron chi connectivity index (χ4n) is 5.19. The summed E-state index contributed by atoms with van der Waals surface area (Å²) >= 11 is 0. The van der Waals surface area contributed by atoms with Gasteiger partial charge in [-0.1, -0.05) is 41.8 Å². The van der Waals surface area contributed by atoms with Crippen LogP contribution in [0.25, 0.3) is 0 Å². The van der Waals surface area contributed by atoms with Crippen LogP contribution in [0, 0.1) is 53.4 Å². The zero-order valence-corrected chi connectivity index (χ0v) is 17.9. The van der Waals surface area contributed by atoms with E-state index in [2.05, 4.69) is 65.8 Å². The second-order valence-corrected chi connectivity index (χ2v) is 8.89. The molecule has 1 aliphatic carbocycles. The summed E-state index contributed by atoms with van der Waals surface area (Å²) in [5, 5.41) is 0. The summed E-state index contributed by atoms with van der Waals surface area (Å²) in [6, 6.07) is 9.02. The fraction of sp³-hybridized carbons (Fsp3) is 0.500. The van der Waals surface area contributed by atoms with E-state index < -0.39 is 0 Å². The maximum atomic E-state index is 13.3. The van der Waals surface area contributed by atoms with Crippen molar-refractivity contribution in [1.29, 1.82) is 0 Å². The summed E-state index contributed by atoms with van der Waals surface area (Å²) in [4.78, 5) is 13.3. The van der Waals surface area contributed by atoms with Crippen LogP contribution >= 0.6 is 0 Å². The quantitative estimate of drug-likeness (QED) is 0.623. The Balaban J connectivity index is 1.79. The molecular weight excluding hydrogens is 328 g/mol. The molecule has 1 nitrogen and oxygen atoms in total. The molecular formula is C26H34O. The lowest BCUT2D eigenvalue weighted by atomic mass is 9.73. The second kappa shape index (κ2) is 8.00. The smallest absolute Gasteiger partial charge is 0.139 e. The topological polar surface area (TPSA) is 17.1 Å². The number of carbonyl (C=O) groups excluding carboxylic acids is 1. The normalized spacial score (nSPS) is 20.1. The van der Waals surface area contributed by atoms with Crippen LogP contribution in [-0.4, -0.2) is 5.78 Å². The van der Waals surface area contributed by atoms with Gasteiger partial charge in [-0.3, -0.25) is 4.79 Å². The summed E-state index contributed by atoms with van der Waals surface area (Å²) in [6.45, 7) is 13.1. The van der Waals surface area contributed by atoms with E-state index in [9.17, 15) is 4.79 Å². The van der Waals surface area contributed by atoms with Crippen molar-refractivity contribution in [2.75, 3.05) is 0 Å². The van der Waals surface area contributed by atoms with Crippen molar-refractivity contribution in [2.24, 2.45) is 11.8 Å². The first kappa shape index (κ1) is 19.9. The van der Waals surface area contributed by atoms with Gasteiger partial charge >= 0.3 is 0 Å². The zero-order chi connectivity index (χ0) is 19.7. The molecule has 0 amide bonds. The van der Waals surface area contributed by atoms with Crippen LogP contribution in [0.3, 0.4) is 0 Å². The molecule has 0 saturated heterocycles. The zero-order valence-electron chi connectivity index (χ0n) is 17.9. The molecule has 0 aromatic heterocycles. The van der Waals surface area contributed by atoms with E-state index in [1.807, 2.05) is 0 Å². The van der Waals surface area contributed by atoms with Crippen molar-refractivity contribution < 1.29 is 4.79 Å². The number of Topliss-reactive ketones (excluding diaryl/α,β-unsaturated/α-hetero) is 1. The minimum Gasteiger partial charge on any atom is -0.299 e. The summed E-state index contributed by atoms with van der Waals surface area (Å²) in [7, 11) is 0. The summed E-state index contributed by atoms with van der Waals surface area (Å²) in [6.07, 6.45) is 5.11. The third-order valence-corrected chi connectivity index (χ3v) is 6.49. The SMILES string of the molecule is Cc1cc(C)c(C[C@H]2CCC[C@H](Cc3c(C)cc(C)cc3C)C2=O)c(C)c1. The van der Waals surface area contributed by atoms with Crippen LogP contribution in [0.4, 0.5) is 0 Å². The van der Waals surface area contributed by atoms with Crippen molar-refractivity contribution >= 4 is 5.78 Å². The lowest BCUT2D eigenvalue weighted by Gasteiger charge is -2.29. The molecule has 144 valence electrons. The van der Waals surface area contributed by atoms with Crippen molar-refractivity contribution in [3.8, 4) is 0 Å². The molecule has 1 fully saturated rings. The van der Waals surface area contributed by atoms with Crippen LogP contribution < -0.4 is 0 Å². The molecule has 0 aliphatic heterocycles. The Morgan fingerprint density at radius 3 is 1.33 bits per heavy atom. The fourth-order valence-corrected chi connectivity index (χ4v) is 5.19. The highest BCUT2D eigenvalue weighted by atomic mass is 16.1. The van der Waals surface area contributed by atoms with Gasteiger partial charge in [-0.15, -0.1) is 0 Å². The predicted octanol–water partition coefficient (Wildman–Crippen LogP) is 6.31. The van der Waals surface area contributed by atoms with Gasteiger partial charge in [-0.25, -0.2) is 0 Å². The first-order valence-corrected chi connectivity index (χ1v) is 10.4. The number of aryl methyl sites for hydroxylation is 6. The molecule has 0 N–H and O–H groups in total. The molecule has 27 heavy (non-hydrogen) atoms. The van der Waals surface area contributed by atoms with Crippen molar-refractivity contribution in [2.45, 2.75) is 73.6 Å². The maximum Gasteiger partial charge on any atom is 0.139 e. The van der Waals surface area contributed by atoms with Gasteiger partial charge in [0.15, 0.2) is 0 Å². The van der Waals surface area contributed by atoms with E-state index in [-0.39, 0.29) is 11.8 Å². The lowest BCUT2D eigenvalue weighted by molar-refractivity contribution is -0.129. The molecule has 0 spiro atoms. The molecule has 3 rings (SSSR count). The van der Waals surface area contributed by atoms with Gasteiger partial charge in [0.1, 0.15) is 5.78 Å². The molecule has 2 atom stereocenters. The first-order valence-electron chi connectivity index (χ1n) is 10.4. The van der Waals surface area contributed by atoms with Crippen LogP contribution in [0.2, 0.25) is 0 Å². The highest BCUT2D eigenvalue weighted by molar-refractivity contribution is 5.85. The minimum atomic E-state index is 0.190. The highest BCUT2D eigenvalue weighted by Gasteiger charge is 2.32. The van der Waals surface area contributed by atoms with Gasteiger partial charge in [0.05, 0.1) is 0 Å². The third-order valence-electron chi connectivity index (χ3n) is 6.49. The molecule has 0 heterocycles. The Labute approximate surface area is 165 Å². The Morgan fingerprint density at radius 1 is 0.667 bits per heavy atom. The van der Waals surface area contributed by atoms with E-state index in [1.165, 1.54) is 50.9 Å². The molecule has 1 saturated carbocycles. The Bertz CT molecular complexity index is 743. The molecule has 2 aromatic carbocycles. The highest BCUT2D eigenvalue weighted by Crippen LogP contribution is 2.33. The van der Waals surface area contributed by atoms with Crippen molar-refractivity contribution in [3.05, 3.63) is 68.8 Å². The number of hydrogen-bond acceptors (Lipinski definition) is 1. The number of hydrogen-bond donors (Lipinski definition) is 0. The predicted molar refractivity (Wildman–Crippen MR) is 115 cm³/mol. The largest absolute Gasteiger partial charge is 0.299 e. The molecule has 1 aliphatic rings. The molecule has 1 heteroatoms. The van der Waals surface area contributed by atoms with Crippen molar-refractivity contribution in [3.63, 3.8) is 0 Å². The van der Waals surface area contributed by atoms with Gasteiger partial charge in [0.25, 0.3) is 0 Å². The lowest BCUT2D eigenvalue weighted by Crippen LogP contribution is -2.31. The van der Waals surface area contributed by atoms with E-state index in [1.54, 1.807) is 0 Å². The summed E-state index contributed by atoms with van der Waals surface area (Å²) in [5.74, 6) is 0.879. The van der Waals surface area contributed by atoms with E-state index in [0.717, 1.165) is 25.7 Å². The molecule has 2 aromatic rings. The van der Waals surface area contributed by atoms with Crippen LogP contribution in [0.5, 0.6) is 0 Å².